The molecule has 0 saturated carbocycles. The molecule has 1 heterocycles. The Morgan fingerprint density at radius 1 is 1.62 bits per heavy atom. The zero-order chi connectivity index (χ0) is 9.68. The molecule has 0 aliphatic carbocycles. The summed E-state index contributed by atoms with van der Waals surface area (Å²) in [7, 11) is 0. The monoisotopic (exact) mass is 202 g/mol. The van der Waals surface area contributed by atoms with Crippen LogP contribution in [0, 0.1) is 5.92 Å². The normalized spacial score (nSPS) is 10.8. The summed E-state index contributed by atoms with van der Waals surface area (Å²) in [6, 6.07) is 0. The Hall–Kier alpha value is -0.720. The molecular weight excluding hydrogens is 188 g/mol. The number of nitrogens with zero attached hydrogens (tertiary/aromatic N) is 2. The van der Waals surface area contributed by atoms with Gasteiger partial charge in [0.2, 0.25) is 0 Å². The standard InChI is InChI=1S/C7H14N4OS/c1-5(2)3-12-4-6-7(9-8)13-11-10-6/h5,9H,3-4,8H2,1-2H3. The first kappa shape index (κ1) is 10.4. The van der Waals surface area contributed by atoms with Crippen LogP contribution in [0.25, 0.3) is 0 Å². The molecule has 5 nitrogen and oxygen atoms in total. The van der Waals surface area contributed by atoms with E-state index in [0.717, 1.165) is 17.3 Å². The second kappa shape index (κ2) is 5.11. The second-order valence-corrected chi connectivity index (χ2v) is 3.86. The van der Waals surface area contributed by atoms with Gasteiger partial charge in [-0.25, -0.2) is 5.84 Å². The fourth-order valence-electron chi connectivity index (χ4n) is 0.804. The minimum atomic E-state index is 0.466. The van der Waals surface area contributed by atoms with Gasteiger partial charge in [0.1, 0.15) is 10.7 Å². The van der Waals surface area contributed by atoms with E-state index in [1.807, 2.05) is 0 Å². The fourth-order valence-corrected chi connectivity index (χ4v) is 1.28. The van der Waals surface area contributed by atoms with Crippen molar-refractivity contribution in [1.82, 2.24) is 9.59 Å². The van der Waals surface area contributed by atoms with Crippen LogP contribution in [0.2, 0.25) is 0 Å². The quantitative estimate of drug-likeness (QED) is 0.550. The number of rotatable bonds is 5. The molecule has 1 aromatic heterocycles. The van der Waals surface area contributed by atoms with Crippen molar-refractivity contribution in [3.05, 3.63) is 5.69 Å². The van der Waals surface area contributed by atoms with Gasteiger partial charge in [0, 0.05) is 18.1 Å². The molecule has 0 radical (unpaired) electrons. The number of hydrogen-bond donors (Lipinski definition) is 2. The molecule has 0 saturated heterocycles. The highest BCUT2D eigenvalue weighted by atomic mass is 32.1. The molecule has 0 amide bonds. The van der Waals surface area contributed by atoms with Crippen LogP contribution in [0.15, 0.2) is 0 Å². The molecular formula is C7H14N4OS. The van der Waals surface area contributed by atoms with Crippen molar-refractivity contribution in [2.45, 2.75) is 20.5 Å². The van der Waals surface area contributed by atoms with Crippen LogP contribution in [0.5, 0.6) is 0 Å². The van der Waals surface area contributed by atoms with Crippen LogP contribution >= 0.6 is 11.5 Å². The molecule has 13 heavy (non-hydrogen) atoms. The highest BCUT2D eigenvalue weighted by Crippen LogP contribution is 2.16. The minimum absolute atomic E-state index is 0.466. The first-order chi connectivity index (χ1) is 6.24. The lowest BCUT2D eigenvalue weighted by atomic mass is 10.2. The van der Waals surface area contributed by atoms with E-state index in [2.05, 4.69) is 28.9 Å². The number of aromatic nitrogens is 2. The Balaban J connectivity index is 2.36. The summed E-state index contributed by atoms with van der Waals surface area (Å²) >= 11 is 1.23. The van der Waals surface area contributed by atoms with Crippen molar-refractivity contribution in [2.24, 2.45) is 11.8 Å². The van der Waals surface area contributed by atoms with Crippen LogP contribution in [0.1, 0.15) is 19.5 Å². The van der Waals surface area contributed by atoms with Crippen molar-refractivity contribution < 1.29 is 4.74 Å². The summed E-state index contributed by atoms with van der Waals surface area (Å²) in [4.78, 5) is 0. The zero-order valence-corrected chi connectivity index (χ0v) is 8.60. The maximum absolute atomic E-state index is 5.39. The average molecular weight is 202 g/mol. The number of hydrogen-bond acceptors (Lipinski definition) is 6. The SMILES string of the molecule is CC(C)COCc1nnsc1NN. The molecule has 0 atom stereocenters. The van der Waals surface area contributed by atoms with Gasteiger partial charge >= 0.3 is 0 Å². The number of nitrogen functional groups attached to an aromatic ring is 1. The molecule has 0 fully saturated rings. The summed E-state index contributed by atoms with van der Waals surface area (Å²) < 4.78 is 9.15. The van der Waals surface area contributed by atoms with E-state index in [-0.39, 0.29) is 0 Å². The first-order valence-corrected chi connectivity index (χ1v) is 4.87. The van der Waals surface area contributed by atoms with Gasteiger partial charge < -0.3 is 10.2 Å². The van der Waals surface area contributed by atoms with Gasteiger partial charge in [-0.2, -0.15) is 0 Å². The summed E-state index contributed by atoms with van der Waals surface area (Å²) in [6.07, 6.45) is 0. The van der Waals surface area contributed by atoms with E-state index in [4.69, 9.17) is 10.6 Å². The summed E-state index contributed by atoms with van der Waals surface area (Å²) in [6.45, 7) is 5.39. The Kier molecular flexibility index (Phi) is 4.07. The Morgan fingerprint density at radius 3 is 3.00 bits per heavy atom. The summed E-state index contributed by atoms with van der Waals surface area (Å²) in [5.41, 5.74) is 3.30. The van der Waals surface area contributed by atoms with Crippen LogP contribution in [-0.4, -0.2) is 16.2 Å². The van der Waals surface area contributed by atoms with Crippen LogP contribution < -0.4 is 11.3 Å². The van der Waals surface area contributed by atoms with E-state index < -0.39 is 0 Å². The molecule has 0 aliphatic heterocycles. The van der Waals surface area contributed by atoms with Gasteiger partial charge in [-0.15, -0.1) is 5.10 Å². The topological polar surface area (TPSA) is 73.1 Å². The smallest absolute Gasteiger partial charge is 0.149 e. The predicted octanol–water partition coefficient (Wildman–Crippen LogP) is 0.996. The molecule has 0 aromatic carbocycles. The molecule has 74 valence electrons. The molecule has 1 rings (SSSR count). The van der Waals surface area contributed by atoms with E-state index in [1.165, 1.54) is 11.5 Å². The molecule has 0 unspecified atom stereocenters. The van der Waals surface area contributed by atoms with Crippen molar-refractivity contribution in [1.29, 1.82) is 0 Å². The average Bonchev–Trinajstić information content (AvgIpc) is 2.51. The summed E-state index contributed by atoms with van der Waals surface area (Å²) in [5, 5.41) is 4.65. The highest BCUT2D eigenvalue weighted by Gasteiger charge is 2.06. The largest absolute Gasteiger partial charge is 0.375 e. The van der Waals surface area contributed by atoms with Gasteiger partial charge in [0.05, 0.1) is 6.61 Å². The van der Waals surface area contributed by atoms with E-state index in [9.17, 15) is 0 Å². The van der Waals surface area contributed by atoms with Crippen LogP contribution in [0.3, 0.4) is 0 Å². The number of hydrazine groups is 1. The lowest BCUT2D eigenvalue weighted by Gasteiger charge is -2.05. The van der Waals surface area contributed by atoms with Crippen molar-refractivity contribution >= 4 is 16.5 Å². The number of ether oxygens (including phenoxy) is 1. The fraction of sp³-hybridized carbons (Fsp3) is 0.714. The van der Waals surface area contributed by atoms with Crippen molar-refractivity contribution in [3.63, 3.8) is 0 Å². The molecule has 6 heteroatoms. The van der Waals surface area contributed by atoms with Crippen molar-refractivity contribution in [2.75, 3.05) is 12.0 Å². The van der Waals surface area contributed by atoms with Gasteiger partial charge in [-0.3, -0.25) is 0 Å². The summed E-state index contributed by atoms with van der Waals surface area (Å²) in [5.74, 6) is 5.78. The van der Waals surface area contributed by atoms with Gasteiger partial charge in [-0.05, 0) is 5.92 Å². The predicted molar refractivity (Wildman–Crippen MR) is 52.2 cm³/mol. The maximum atomic E-state index is 5.39. The minimum Gasteiger partial charge on any atom is -0.375 e. The lowest BCUT2D eigenvalue weighted by Crippen LogP contribution is -2.09. The number of anilines is 1. The lowest BCUT2D eigenvalue weighted by molar-refractivity contribution is 0.0951. The van der Waals surface area contributed by atoms with E-state index in [1.54, 1.807) is 0 Å². The van der Waals surface area contributed by atoms with E-state index >= 15 is 0 Å². The maximum Gasteiger partial charge on any atom is 0.149 e. The molecule has 3 N–H and O–H groups in total. The number of nitrogens with two attached hydrogens (primary N) is 1. The Bertz CT molecular complexity index is 250. The molecule has 1 aromatic rings. The third-order valence-corrected chi connectivity index (χ3v) is 2.08. The molecule has 0 spiro atoms. The first-order valence-electron chi connectivity index (χ1n) is 4.09. The van der Waals surface area contributed by atoms with Gasteiger partial charge in [-0.1, -0.05) is 18.3 Å². The highest BCUT2D eigenvalue weighted by molar-refractivity contribution is 7.10. The zero-order valence-electron chi connectivity index (χ0n) is 7.78. The van der Waals surface area contributed by atoms with Gasteiger partial charge in [0.15, 0.2) is 0 Å². The Labute approximate surface area is 81.4 Å². The van der Waals surface area contributed by atoms with Crippen molar-refractivity contribution in [3.8, 4) is 0 Å². The van der Waals surface area contributed by atoms with Crippen LogP contribution in [0.4, 0.5) is 5.00 Å². The second-order valence-electron chi connectivity index (χ2n) is 3.10. The van der Waals surface area contributed by atoms with Gasteiger partial charge in [0.25, 0.3) is 0 Å². The molecule has 0 aliphatic rings. The molecule has 0 bridgehead atoms. The van der Waals surface area contributed by atoms with Crippen LogP contribution in [-0.2, 0) is 11.3 Å². The third kappa shape index (κ3) is 3.25. The number of nitrogens with one attached hydrogen (secondary N) is 1. The third-order valence-electron chi connectivity index (χ3n) is 1.38. The Morgan fingerprint density at radius 2 is 2.38 bits per heavy atom. The van der Waals surface area contributed by atoms with E-state index in [0.29, 0.717) is 12.5 Å².